The molecule has 0 aromatic rings. The van der Waals surface area contributed by atoms with Gasteiger partial charge in [-0.2, -0.15) is 0 Å². The van der Waals surface area contributed by atoms with Crippen LogP contribution in [0.1, 0.15) is 58.8 Å². The summed E-state index contributed by atoms with van der Waals surface area (Å²) in [5, 5.41) is 14.7. The van der Waals surface area contributed by atoms with E-state index in [4.69, 9.17) is 14.2 Å². The number of ether oxygens (including phenoxy) is 3. The highest BCUT2D eigenvalue weighted by Crippen LogP contribution is 2.31. The van der Waals surface area contributed by atoms with Crippen molar-refractivity contribution < 1.29 is 33.7 Å². The number of imide groups is 1. The fourth-order valence-corrected chi connectivity index (χ4v) is 5.25. The minimum atomic E-state index is -0.157. The maximum Gasteiger partial charge on any atom is 0.243 e. The first kappa shape index (κ1) is 51.7. The fourth-order valence-electron chi connectivity index (χ4n) is 5.25. The Morgan fingerprint density at radius 1 is 0.877 bits per heavy atom. The maximum atomic E-state index is 11.2. The molecule has 0 aromatic heterocycles. The monoisotopic (exact) mass is 785 g/mol. The number of nitrogens with zero attached hydrogens (tertiary/aromatic N) is 1. The second kappa shape index (κ2) is 32.9. The van der Waals surface area contributed by atoms with E-state index in [0.717, 1.165) is 85.0 Å². The number of allylic oxidation sites excluding steroid dienone is 16. The van der Waals surface area contributed by atoms with Gasteiger partial charge in [-0.1, -0.05) is 102 Å². The molecule has 3 N–H and O–H groups in total. The van der Waals surface area contributed by atoms with Gasteiger partial charge in [-0.25, -0.2) is 0 Å². The SMILES string of the molecule is C=C/C=C(C=C)/C(CC)=C(C(=C)/C=C\C(=C)OCCCCOCCCOCCCNC(=C)/C=C\C(=C)C=O)/C(C=C)=C/C=C/O.CCN(C)C1CCC(=O)NC1=O. The summed E-state index contributed by atoms with van der Waals surface area (Å²) in [7, 11) is 1.89. The first-order chi connectivity index (χ1) is 27.4. The molecule has 1 fully saturated rings. The quantitative estimate of drug-likeness (QED) is 0.0164. The fraction of sp³-hybridized carbons (Fsp3) is 0.383. The number of aliphatic hydroxyl groups is 1. The molecule has 57 heavy (non-hydrogen) atoms. The van der Waals surface area contributed by atoms with E-state index in [-0.39, 0.29) is 17.9 Å². The van der Waals surface area contributed by atoms with Crippen LogP contribution in [0.3, 0.4) is 0 Å². The second-order valence-corrected chi connectivity index (χ2v) is 12.8. The number of hydrogen-bond donors (Lipinski definition) is 3. The lowest BCUT2D eigenvalue weighted by Gasteiger charge is -2.28. The highest BCUT2D eigenvalue weighted by molar-refractivity contribution is 6.00. The van der Waals surface area contributed by atoms with Crippen LogP contribution >= 0.6 is 0 Å². The average molecular weight is 786 g/mol. The third-order valence-corrected chi connectivity index (χ3v) is 8.44. The van der Waals surface area contributed by atoms with Gasteiger partial charge in [0.2, 0.25) is 11.8 Å². The van der Waals surface area contributed by atoms with E-state index >= 15 is 0 Å². The predicted octanol–water partition coefficient (Wildman–Crippen LogP) is 8.57. The van der Waals surface area contributed by atoms with Gasteiger partial charge in [0.05, 0.1) is 18.9 Å². The summed E-state index contributed by atoms with van der Waals surface area (Å²) in [4.78, 5) is 34.5. The van der Waals surface area contributed by atoms with Gasteiger partial charge in [-0.05, 0) is 98.2 Å². The number of carbonyl (C=O) groups excluding carboxylic acids is 3. The summed E-state index contributed by atoms with van der Waals surface area (Å²) < 4.78 is 17.1. The van der Waals surface area contributed by atoms with Crippen molar-refractivity contribution in [1.29, 1.82) is 0 Å². The summed E-state index contributed by atoms with van der Waals surface area (Å²) in [5.41, 5.74) is 5.54. The molecule has 0 saturated carbocycles. The lowest BCUT2D eigenvalue weighted by molar-refractivity contribution is -0.137. The molecule has 2 amide bonds. The molecular formula is C47H67N3O7. The Balaban J connectivity index is 0.00000220. The molecule has 312 valence electrons. The molecule has 0 aromatic carbocycles. The highest BCUT2D eigenvalue weighted by atomic mass is 16.5. The highest BCUT2D eigenvalue weighted by Gasteiger charge is 2.28. The summed E-state index contributed by atoms with van der Waals surface area (Å²) >= 11 is 0. The van der Waals surface area contributed by atoms with Crippen molar-refractivity contribution in [2.45, 2.75) is 64.8 Å². The van der Waals surface area contributed by atoms with E-state index in [9.17, 15) is 19.5 Å². The van der Waals surface area contributed by atoms with Gasteiger partial charge in [0.25, 0.3) is 0 Å². The minimum Gasteiger partial charge on any atom is -0.516 e. The van der Waals surface area contributed by atoms with Crippen LogP contribution in [0.2, 0.25) is 0 Å². The standard InChI is InChI=1S/C39H53NO5.C8H14N2O2/c1-9-18-36(10-2)38(12-4)39(37(11-3)19-15-25-41)33(6)21-23-35(8)45-30-14-13-26-43-28-17-29-44-27-16-24-40-34(7)22-20-32(5)31-42;1-3-10(2)6-4-5-7(11)9-8(6)12/h9-11,15,18-23,25,31,40-41H,1-3,5-8,12-14,16-17,24,26-30H2,4H3;6H,3-5H2,1-2H3,(H,9,11,12)/b22-20-,23-21-,25-15+,36-18+,37-19+,39-38+;. The minimum absolute atomic E-state index is 0.118. The van der Waals surface area contributed by atoms with Gasteiger partial charge in [0.1, 0.15) is 12.0 Å². The number of amides is 2. The zero-order valence-electron chi connectivity index (χ0n) is 34.7. The molecule has 0 spiro atoms. The zero-order valence-corrected chi connectivity index (χ0v) is 34.7. The van der Waals surface area contributed by atoms with E-state index < -0.39 is 0 Å². The maximum absolute atomic E-state index is 11.2. The molecular weight excluding hydrogens is 719 g/mol. The van der Waals surface area contributed by atoms with Crippen molar-refractivity contribution in [3.05, 3.63) is 158 Å². The lowest BCUT2D eigenvalue weighted by Crippen LogP contribution is -2.51. The van der Waals surface area contributed by atoms with Gasteiger partial charge < -0.3 is 24.6 Å². The smallest absolute Gasteiger partial charge is 0.243 e. The first-order valence-corrected chi connectivity index (χ1v) is 19.4. The second-order valence-electron chi connectivity index (χ2n) is 12.8. The van der Waals surface area contributed by atoms with E-state index in [1.54, 1.807) is 48.6 Å². The number of aliphatic hydroxyl groups excluding tert-OH is 1. The third kappa shape index (κ3) is 23.4. The Morgan fingerprint density at radius 3 is 2.11 bits per heavy atom. The summed E-state index contributed by atoms with van der Waals surface area (Å²) in [6.45, 7) is 36.2. The largest absolute Gasteiger partial charge is 0.516 e. The molecule has 1 aliphatic heterocycles. The Morgan fingerprint density at radius 2 is 1.53 bits per heavy atom. The van der Waals surface area contributed by atoms with Crippen LogP contribution in [0.15, 0.2) is 158 Å². The number of aldehydes is 1. The van der Waals surface area contributed by atoms with Gasteiger partial charge in [-0.15, -0.1) is 0 Å². The van der Waals surface area contributed by atoms with Crippen LogP contribution in [0.5, 0.6) is 0 Å². The number of nitrogens with one attached hydrogen (secondary N) is 2. The van der Waals surface area contributed by atoms with Crippen molar-refractivity contribution in [3.63, 3.8) is 0 Å². The van der Waals surface area contributed by atoms with Gasteiger partial charge in [0.15, 0.2) is 0 Å². The normalized spacial score (nSPS) is 15.1. The van der Waals surface area contributed by atoms with E-state index in [1.807, 2.05) is 31.0 Å². The lowest BCUT2D eigenvalue weighted by atomic mass is 9.87. The van der Waals surface area contributed by atoms with E-state index in [1.165, 1.54) is 0 Å². The Bertz CT molecular complexity index is 1560. The number of piperidine rings is 1. The number of likely N-dealkylation sites (N-methyl/N-ethyl adjacent to an activating group) is 1. The molecule has 1 atom stereocenters. The number of unbranched alkanes of at least 4 members (excludes halogenated alkanes) is 1. The predicted molar refractivity (Wildman–Crippen MR) is 235 cm³/mol. The van der Waals surface area contributed by atoms with E-state index in [0.29, 0.717) is 63.5 Å². The van der Waals surface area contributed by atoms with Crippen LogP contribution in [0.25, 0.3) is 0 Å². The van der Waals surface area contributed by atoms with Crippen molar-refractivity contribution >= 4 is 18.1 Å². The molecule has 1 saturated heterocycles. The number of hydrogen-bond acceptors (Lipinski definition) is 9. The van der Waals surface area contributed by atoms with E-state index in [2.05, 4.69) is 63.6 Å². The van der Waals surface area contributed by atoms with Gasteiger partial charge in [0, 0.05) is 50.7 Å². The molecule has 1 heterocycles. The average Bonchev–Trinajstić information content (AvgIpc) is 3.21. The van der Waals surface area contributed by atoms with Crippen LogP contribution in [0, 0.1) is 0 Å². The van der Waals surface area contributed by atoms with Crippen molar-refractivity contribution in [3.8, 4) is 0 Å². The van der Waals surface area contributed by atoms with Crippen LogP contribution in [-0.2, 0) is 28.6 Å². The molecule has 1 aliphatic rings. The molecule has 1 unspecified atom stereocenters. The Labute approximate surface area is 342 Å². The molecule has 0 aliphatic carbocycles. The number of rotatable bonds is 30. The van der Waals surface area contributed by atoms with Crippen molar-refractivity contribution in [1.82, 2.24) is 15.5 Å². The van der Waals surface area contributed by atoms with Crippen LogP contribution in [0.4, 0.5) is 0 Å². The van der Waals surface area contributed by atoms with Crippen LogP contribution < -0.4 is 10.6 Å². The summed E-state index contributed by atoms with van der Waals surface area (Å²) in [5.74, 6) is 0.229. The Kier molecular flexibility index (Phi) is 29.9. The van der Waals surface area contributed by atoms with Crippen LogP contribution in [-0.4, -0.2) is 87.3 Å². The summed E-state index contributed by atoms with van der Waals surface area (Å²) in [6.07, 6.45) is 24.4. The van der Waals surface area contributed by atoms with Crippen molar-refractivity contribution in [2.75, 3.05) is 53.2 Å². The molecule has 10 heteroatoms. The topological polar surface area (TPSA) is 126 Å². The van der Waals surface area contributed by atoms with Gasteiger partial charge in [-0.3, -0.25) is 24.6 Å². The van der Waals surface area contributed by atoms with Gasteiger partial charge >= 0.3 is 0 Å². The molecule has 1 rings (SSSR count). The third-order valence-electron chi connectivity index (χ3n) is 8.44. The molecule has 10 nitrogen and oxygen atoms in total. The molecule has 0 radical (unpaired) electrons. The number of carbonyl (C=O) groups is 3. The summed E-state index contributed by atoms with van der Waals surface area (Å²) in [6, 6.07) is -0.118. The molecule has 0 bridgehead atoms. The van der Waals surface area contributed by atoms with Crippen molar-refractivity contribution in [2.24, 2.45) is 0 Å². The Hall–Kier alpha value is -5.29. The zero-order chi connectivity index (χ0) is 42.8. The first-order valence-electron chi connectivity index (χ1n) is 19.4.